The first-order valence-corrected chi connectivity index (χ1v) is 11.2. The van der Waals surface area contributed by atoms with Crippen LogP contribution >= 0.6 is 0 Å². The lowest BCUT2D eigenvalue weighted by Gasteiger charge is -2.24. The molecule has 1 aliphatic rings. The van der Waals surface area contributed by atoms with Crippen molar-refractivity contribution in [2.75, 3.05) is 40.9 Å². The van der Waals surface area contributed by atoms with E-state index in [9.17, 15) is 18.0 Å². The third-order valence-electron chi connectivity index (χ3n) is 4.83. The number of carbonyl (C=O) groups is 2. The van der Waals surface area contributed by atoms with E-state index in [1.807, 2.05) is 24.3 Å². The summed E-state index contributed by atoms with van der Waals surface area (Å²) in [5.74, 6) is -0.247. The summed E-state index contributed by atoms with van der Waals surface area (Å²) < 4.78 is 22.9. The van der Waals surface area contributed by atoms with E-state index in [0.29, 0.717) is 6.42 Å². The highest BCUT2D eigenvalue weighted by atomic mass is 32.2. The van der Waals surface area contributed by atoms with E-state index < -0.39 is 9.84 Å². The maximum atomic E-state index is 12.1. The van der Waals surface area contributed by atoms with Crippen LogP contribution in [0.1, 0.15) is 33.6 Å². The Kier molecular flexibility index (Phi) is 7.24. The zero-order valence-corrected chi connectivity index (χ0v) is 17.1. The first-order chi connectivity index (χ1) is 12.8. The fraction of sp³-hybridized carbons (Fsp3) is 0.579. The Balaban J connectivity index is 1.95. The third-order valence-corrected chi connectivity index (χ3v) is 6.60. The minimum Gasteiger partial charge on any atom is -0.372 e. The van der Waals surface area contributed by atoms with Crippen LogP contribution in [0.3, 0.4) is 0 Å². The van der Waals surface area contributed by atoms with Gasteiger partial charge < -0.3 is 15.1 Å². The molecule has 1 aromatic rings. The summed E-state index contributed by atoms with van der Waals surface area (Å²) in [6.07, 6.45) is 0.589. The van der Waals surface area contributed by atoms with Gasteiger partial charge in [-0.3, -0.25) is 9.59 Å². The largest absolute Gasteiger partial charge is 0.372 e. The number of hydrogen-bond donors (Lipinski definition) is 1. The highest BCUT2D eigenvalue weighted by molar-refractivity contribution is 7.91. The molecule has 0 aliphatic carbocycles. The molecule has 0 bridgehead atoms. The maximum Gasteiger partial charge on any atom is 0.223 e. The molecule has 0 saturated carbocycles. The van der Waals surface area contributed by atoms with Crippen LogP contribution in [-0.2, 0) is 19.4 Å². The molecular formula is C19H29N3O4S. The number of benzene rings is 1. The van der Waals surface area contributed by atoms with Crippen LogP contribution in [0.25, 0.3) is 0 Å². The lowest BCUT2D eigenvalue weighted by Crippen LogP contribution is -2.38. The van der Waals surface area contributed by atoms with Gasteiger partial charge in [0.05, 0.1) is 11.5 Å². The monoisotopic (exact) mass is 395 g/mol. The van der Waals surface area contributed by atoms with E-state index >= 15 is 0 Å². The average Bonchev–Trinajstić information content (AvgIpc) is 2.95. The van der Waals surface area contributed by atoms with Crippen molar-refractivity contribution in [3.8, 4) is 0 Å². The molecule has 150 valence electrons. The topological polar surface area (TPSA) is 86.8 Å². The summed E-state index contributed by atoms with van der Waals surface area (Å²) in [5, 5.41) is 2.76. The molecule has 7 nitrogen and oxygen atoms in total. The van der Waals surface area contributed by atoms with Crippen LogP contribution in [0, 0.1) is 0 Å². The molecule has 1 aromatic carbocycles. The Morgan fingerprint density at radius 2 is 1.70 bits per heavy atom. The lowest BCUT2D eigenvalue weighted by atomic mass is 10.2. The van der Waals surface area contributed by atoms with Crippen LogP contribution in [0.5, 0.6) is 0 Å². The summed E-state index contributed by atoms with van der Waals surface area (Å²) in [5.41, 5.74) is 1.84. The van der Waals surface area contributed by atoms with Gasteiger partial charge in [0.1, 0.15) is 0 Å². The van der Waals surface area contributed by atoms with Crippen LogP contribution in [0.15, 0.2) is 24.3 Å². The smallest absolute Gasteiger partial charge is 0.223 e. The van der Waals surface area contributed by atoms with E-state index in [-0.39, 0.29) is 42.3 Å². The van der Waals surface area contributed by atoms with Crippen molar-refractivity contribution in [3.05, 3.63) is 24.3 Å². The van der Waals surface area contributed by atoms with Crippen molar-refractivity contribution in [2.45, 2.75) is 39.7 Å². The summed E-state index contributed by atoms with van der Waals surface area (Å²) >= 11 is 0. The standard InChI is InChI=1S/C19H29N3O4S/c1-4-21(5-2)17-6-8-18(9-7-17)22(15(3)23)12-10-19(24)20-16-11-13-27(25,26)14-16/h6-9,16H,4-5,10-14H2,1-3H3,(H,20,24). The van der Waals surface area contributed by atoms with Gasteiger partial charge in [-0.2, -0.15) is 0 Å². The normalized spacial score (nSPS) is 18.1. The Labute approximate surface area is 161 Å². The lowest BCUT2D eigenvalue weighted by molar-refractivity contribution is -0.121. The molecule has 0 radical (unpaired) electrons. The van der Waals surface area contributed by atoms with E-state index in [4.69, 9.17) is 0 Å². The number of nitrogens with one attached hydrogen (secondary N) is 1. The van der Waals surface area contributed by atoms with Crippen molar-refractivity contribution >= 4 is 33.0 Å². The Hall–Kier alpha value is -2.09. The summed E-state index contributed by atoms with van der Waals surface area (Å²) in [7, 11) is -3.03. The second-order valence-electron chi connectivity index (χ2n) is 6.78. The van der Waals surface area contributed by atoms with Gasteiger partial charge in [-0.25, -0.2) is 8.42 Å². The van der Waals surface area contributed by atoms with Crippen LogP contribution < -0.4 is 15.1 Å². The van der Waals surface area contributed by atoms with Gasteiger partial charge in [0.15, 0.2) is 9.84 Å². The summed E-state index contributed by atoms with van der Waals surface area (Å²) in [6.45, 7) is 7.72. The second-order valence-corrected chi connectivity index (χ2v) is 9.01. The minimum absolute atomic E-state index is 0.00197. The predicted molar refractivity (Wildman–Crippen MR) is 108 cm³/mol. The molecule has 2 amide bonds. The number of carbonyl (C=O) groups excluding carboxylic acids is 2. The highest BCUT2D eigenvalue weighted by Gasteiger charge is 2.29. The molecule has 1 saturated heterocycles. The van der Waals surface area contributed by atoms with Gasteiger partial charge in [-0.1, -0.05) is 0 Å². The van der Waals surface area contributed by atoms with E-state index in [0.717, 1.165) is 24.5 Å². The number of anilines is 2. The third kappa shape index (κ3) is 5.95. The zero-order chi connectivity index (χ0) is 20.0. The molecule has 1 aliphatic heterocycles. The van der Waals surface area contributed by atoms with Gasteiger partial charge in [0, 0.05) is 50.4 Å². The van der Waals surface area contributed by atoms with E-state index in [1.165, 1.54) is 6.92 Å². The summed E-state index contributed by atoms with van der Waals surface area (Å²) in [6, 6.07) is 7.40. The highest BCUT2D eigenvalue weighted by Crippen LogP contribution is 2.21. The van der Waals surface area contributed by atoms with Crippen molar-refractivity contribution in [3.63, 3.8) is 0 Å². The zero-order valence-electron chi connectivity index (χ0n) is 16.3. The molecule has 1 heterocycles. The van der Waals surface area contributed by atoms with Gasteiger partial charge >= 0.3 is 0 Å². The quantitative estimate of drug-likeness (QED) is 0.722. The van der Waals surface area contributed by atoms with E-state index in [1.54, 1.807) is 4.90 Å². The second kappa shape index (κ2) is 9.21. The van der Waals surface area contributed by atoms with Crippen LogP contribution in [0.4, 0.5) is 11.4 Å². The number of sulfone groups is 1. The molecular weight excluding hydrogens is 366 g/mol. The molecule has 27 heavy (non-hydrogen) atoms. The fourth-order valence-corrected chi connectivity index (χ4v) is 5.00. The number of amides is 2. The van der Waals surface area contributed by atoms with Gasteiger partial charge in [0.25, 0.3) is 0 Å². The molecule has 2 rings (SSSR count). The SMILES string of the molecule is CCN(CC)c1ccc(N(CCC(=O)NC2CCS(=O)(=O)C2)C(C)=O)cc1. The molecule has 0 spiro atoms. The maximum absolute atomic E-state index is 12.1. The number of nitrogens with zero attached hydrogens (tertiary/aromatic N) is 2. The first kappa shape index (κ1) is 21.2. The van der Waals surface area contributed by atoms with E-state index in [2.05, 4.69) is 24.1 Å². The van der Waals surface area contributed by atoms with Crippen molar-refractivity contribution in [1.29, 1.82) is 0 Å². The molecule has 0 aromatic heterocycles. The molecule has 1 fully saturated rings. The average molecular weight is 396 g/mol. The van der Waals surface area contributed by atoms with Crippen LogP contribution in [-0.4, -0.2) is 57.4 Å². The number of hydrogen-bond acceptors (Lipinski definition) is 5. The van der Waals surface area contributed by atoms with Crippen molar-refractivity contribution in [2.24, 2.45) is 0 Å². The Bertz CT molecular complexity index is 758. The van der Waals surface area contributed by atoms with Gasteiger partial charge in [-0.05, 0) is 44.5 Å². The predicted octanol–water partition coefficient (Wildman–Crippen LogP) is 1.58. The van der Waals surface area contributed by atoms with Crippen LogP contribution in [0.2, 0.25) is 0 Å². The van der Waals surface area contributed by atoms with Crippen molar-refractivity contribution in [1.82, 2.24) is 5.32 Å². The van der Waals surface area contributed by atoms with Gasteiger partial charge in [0.2, 0.25) is 11.8 Å². The Morgan fingerprint density at radius 1 is 1.11 bits per heavy atom. The van der Waals surface area contributed by atoms with Gasteiger partial charge in [-0.15, -0.1) is 0 Å². The minimum atomic E-state index is -3.03. The fourth-order valence-electron chi connectivity index (χ4n) is 3.32. The molecule has 1 unspecified atom stereocenters. The number of rotatable bonds is 8. The van der Waals surface area contributed by atoms with Crippen molar-refractivity contribution < 1.29 is 18.0 Å². The first-order valence-electron chi connectivity index (χ1n) is 9.38. The Morgan fingerprint density at radius 3 is 2.19 bits per heavy atom. The molecule has 1 N–H and O–H groups in total. The molecule has 1 atom stereocenters. The molecule has 8 heteroatoms. The summed E-state index contributed by atoms with van der Waals surface area (Å²) in [4.78, 5) is 27.9.